The van der Waals surface area contributed by atoms with E-state index < -0.39 is 5.97 Å². The molecule has 3 rings (SSSR count). The monoisotopic (exact) mass is 254 g/mol. The van der Waals surface area contributed by atoms with Crippen molar-refractivity contribution in [3.05, 3.63) is 47.9 Å². The number of hydrogen-bond donors (Lipinski definition) is 1. The first-order valence-electron chi connectivity index (χ1n) is 5.67. The number of aromatic nitrogens is 4. The fraction of sp³-hybridized carbons (Fsp3) is 0.0769. The summed E-state index contributed by atoms with van der Waals surface area (Å²) in [6, 6.07) is 9.38. The predicted molar refractivity (Wildman–Crippen MR) is 68.4 cm³/mol. The SMILES string of the molecule is Cc1ccc2cccc(-n3nncc3C(=O)O)c2n1. The van der Waals surface area contributed by atoms with Crippen molar-refractivity contribution in [3.63, 3.8) is 0 Å². The summed E-state index contributed by atoms with van der Waals surface area (Å²) in [5.74, 6) is -1.07. The maximum absolute atomic E-state index is 11.1. The number of para-hydroxylation sites is 1. The van der Waals surface area contributed by atoms with Gasteiger partial charge in [-0.05, 0) is 19.1 Å². The van der Waals surface area contributed by atoms with Crippen molar-refractivity contribution in [2.45, 2.75) is 6.92 Å². The quantitative estimate of drug-likeness (QED) is 0.754. The number of hydrogen-bond acceptors (Lipinski definition) is 4. The van der Waals surface area contributed by atoms with Crippen LogP contribution in [0.25, 0.3) is 16.6 Å². The molecule has 0 saturated heterocycles. The van der Waals surface area contributed by atoms with Gasteiger partial charge in [0.2, 0.25) is 0 Å². The third kappa shape index (κ3) is 1.83. The van der Waals surface area contributed by atoms with E-state index in [2.05, 4.69) is 15.3 Å². The Morgan fingerprint density at radius 2 is 2.11 bits per heavy atom. The summed E-state index contributed by atoms with van der Waals surface area (Å²) in [7, 11) is 0. The molecule has 3 aromatic rings. The predicted octanol–water partition coefficient (Wildman–Crippen LogP) is 1.82. The smallest absolute Gasteiger partial charge is 0.356 e. The Morgan fingerprint density at radius 1 is 1.26 bits per heavy atom. The van der Waals surface area contributed by atoms with Gasteiger partial charge in [-0.3, -0.25) is 4.98 Å². The van der Waals surface area contributed by atoms with E-state index >= 15 is 0 Å². The molecule has 0 saturated carbocycles. The van der Waals surface area contributed by atoms with E-state index in [9.17, 15) is 4.79 Å². The van der Waals surface area contributed by atoms with Gasteiger partial charge in [0, 0.05) is 11.1 Å². The molecule has 0 aliphatic rings. The Balaban J connectivity index is 2.33. The van der Waals surface area contributed by atoms with Gasteiger partial charge in [-0.15, -0.1) is 5.10 Å². The zero-order valence-corrected chi connectivity index (χ0v) is 10.1. The summed E-state index contributed by atoms with van der Waals surface area (Å²) < 4.78 is 1.29. The number of aryl methyl sites for hydroxylation is 1. The second-order valence-corrected chi connectivity index (χ2v) is 4.14. The molecule has 0 aliphatic heterocycles. The van der Waals surface area contributed by atoms with Crippen molar-refractivity contribution in [3.8, 4) is 5.69 Å². The summed E-state index contributed by atoms with van der Waals surface area (Å²) in [5.41, 5.74) is 2.18. The van der Waals surface area contributed by atoms with Crippen LogP contribution >= 0.6 is 0 Å². The molecule has 0 bridgehead atoms. The number of carboxylic acids is 1. The summed E-state index contributed by atoms with van der Waals surface area (Å²) in [6.07, 6.45) is 1.22. The first-order chi connectivity index (χ1) is 9.16. The van der Waals surface area contributed by atoms with Gasteiger partial charge in [0.15, 0.2) is 5.69 Å². The average molecular weight is 254 g/mol. The lowest BCUT2D eigenvalue weighted by molar-refractivity contribution is 0.0687. The van der Waals surface area contributed by atoms with E-state index in [1.54, 1.807) is 6.07 Å². The van der Waals surface area contributed by atoms with Crippen molar-refractivity contribution in [2.75, 3.05) is 0 Å². The molecule has 2 aromatic heterocycles. The van der Waals surface area contributed by atoms with Gasteiger partial charge >= 0.3 is 5.97 Å². The summed E-state index contributed by atoms with van der Waals surface area (Å²) in [4.78, 5) is 15.6. The fourth-order valence-electron chi connectivity index (χ4n) is 1.96. The number of carboxylic acid groups (broad SMARTS) is 1. The van der Waals surface area contributed by atoms with Crippen LogP contribution < -0.4 is 0 Å². The molecule has 0 aliphatic carbocycles. The second kappa shape index (κ2) is 4.16. The van der Waals surface area contributed by atoms with Crippen LogP contribution in [0.4, 0.5) is 0 Å². The number of pyridine rings is 1. The Morgan fingerprint density at radius 3 is 2.89 bits per heavy atom. The van der Waals surface area contributed by atoms with Crippen LogP contribution in [0.3, 0.4) is 0 Å². The Labute approximate surface area is 108 Å². The molecule has 0 fully saturated rings. The number of aromatic carboxylic acids is 1. The Kier molecular flexibility index (Phi) is 2.49. The molecular formula is C13H10N4O2. The molecule has 0 atom stereocenters. The third-order valence-corrected chi connectivity index (χ3v) is 2.83. The lowest BCUT2D eigenvalue weighted by Gasteiger charge is -2.07. The number of carbonyl (C=O) groups is 1. The number of rotatable bonds is 2. The first-order valence-corrected chi connectivity index (χ1v) is 5.67. The van der Waals surface area contributed by atoms with Crippen LogP contribution in [0, 0.1) is 6.92 Å². The molecule has 6 heteroatoms. The lowest BCUT2D eigenvalue weighted by atomic mass is 10.1. The molecule has 0 radical (unpaired) electrons. The average Bonchev–Trinajstić information content (AvgIpc) is 2.87. The van der Waals surface area contributed by atoms with Crippen LogP contribution in [0.5, 0.6) is 0 Å². The molecule has 94 valence electrons. The third-order valence-electron chi connectivity index (χ3n) is 2.83. The summed E-state index contributed by atoms with van der Waals surface area (Å²) in [6.45, 7) is 1.88. The topological polar surface area (TPSA) is 80.9 Å². The molecule has 1 aromatic carbocycles. The highest BCUT2D eigenvalue weighted by molar-refractivity contribution is 5.90. The van der Waals surface area contributed by atoms with Crippen molar-refractivity contribution < 1.29 is 9.90 Å². The van der Waals surface area contributed by atoms with E-state index in [0.29, 0.717) is 11.2 Å². The van der Waals surface area contributed by atoms with Crippen molar-refractivity contribution in [1.82, 2.24) is 20.0 Å². The standard InChI is InChI=1S/C13H10N4O2/c1-8-5-6-9-3-2-4-10(12(9)15-8)17-11(13(18)19)7-14-16-17/h2-7H,1H3,(H,18,19). The molecule has 6 nitrogen and oxygen atoms in total. The Bertz CT molecular complexity index is 779. The molecule has 2 heterocycles. The normalized spacial score (nSPS) is 10.8. The van der Waals surface area contributed by atoms with Crippen LogP contribution in [-0.2, 0) is 0 Å². The first kappa shape index (κ1) is 11.3. The molecular weight excluding hydrogens is 244 g/mol. The summed E-state index contributed by atoms with van der Waals surface area (Å²) in [5, 5.41) is 17.5. The molecule has 0 unspecified atom stereocenters. The highest BCUT2D eigenvalue weighted by Gasteiger charge is 2.15. The van der Waals surface area contributed by atoms with Crippen molar-refractivity contribution in [1.29, 1.82) is 0 Å². The van der Waals surface area contributed by atoms with Crippen LogP contribution in [0.2, 0.25) is 0 Å². The van der Waals surface area contributed by atoms with E-state index in [4.69, 9.17) is 5.11 Å². The molecule has 19 heavy (non-hydrogen) atoms. The van der Waals surface area contributed by atoms with Crippen LogP contribution in [0.1, 0.15) is 16.2 Å². The van der Waals surface area contributed by atoms with Gasteiger partial charge in [0.05, 0.1) is 17.4 Å². The number of benzene rings is 1. The summed E-state index contributed by atoms with van der Waals surface area (Å²) >= 11 is 0. The van der Waals surface area contributed by atoms with Gasteiger partial charge in [-0.2, -0.15) is 0 Å². The number of fused-ring (bicyclic) bond motifs is 1. The van der Waals surface area contributed by atoms with Gasteiger partial charge in [0.1, 0.15) is 0 Å². The van der Waals surface area contributed by atoms with E-state index in [-0.39, 0.29) is 5.69 Å². The molecule has 0 amide bonds. The highest BCUT2D eigenvalue weighted by Crippen LogP contribution is 2.21. The van der Waals surface area contributed by atoms with Gasteiger partial charge in [-0.1, -0.05) is 23.4 Å². The molecule has 1 N–H and O–H groups in total. The minimum atomic E-state index is -1.07. The minimum absolute atomic E-state index is 0.0100. The highest BCUT2D eigenvalue weighted by atomic mass is 16.4. The van der Waals surface area contributed by atoms with Crippen LogP contribution in [0.15, 0.2) is 36.5 Å². The van der Waals surface area contributed by atoms with Crippen molar-refractivity contribution in [2.24, 2.45) is 0 Å². The van der Waals surface area contributed by atoms with E-state index in [1.807, 2.05) is 31.2 Å². The van der Waals surface area contributed by atoms with Crippen LogP contribution in [-0.4, -0.2) is 31.1 Å². The van der Waals surface area contributed by atoms with Gasteiger partial charge in [-0.25, -0.2) is 9.48 Å². The minimum Gasteiger partial charge on any atom is -0.476 e. The lowest BCUT2D eigenvalue weighted by Crippen LogP contribution is -2.08. The molecule has 0 spiro atoms. The fourth-order valence-corrected chi connectivity index (χ4v) is 1.96. The Hall–Kier alpha value is -2.76. The van der Waals surface area contributed by atoms with Gasteiger partial charge in [0.25, 0.3) is 0 Å². The maximum Gasteiger partial charge on any atom is 0.356 e. The zero-order chi connectivity index (χ0) is 13.4. The van der Waals surface area contributed by atoms with Gasteiger partial charge < -0.3 is 5.11 Å². The van der Waals surface area contributed by atoms with E-state index in [1.165, 1.54) is 10.9 Å². The maximum atomic E-state index is 11.1. The van der Waals surface area contributed by atoms with E-state index in [0.717, 1.165) is 11.1 Å². The number of nitrogens with zero attached hydrogens (tertiary/aromatic N) is 4. The largest absolute Gasteiger partial charge is 0.476 e. The zero-order valence-electron chi connectivity index (χ0n) is 10.1. The second-order valence-electron chi connectivity index (χ2n) is 4.14. The van der Waals surface area contributed by atoms with Crippen molar-refractivity contribution >= 4 is 16.9 Å².